The number of anilines is 1. The SMILES string of the molecule is CCCCCCOc1ccc(C(=O)NNC(=O)CCC(=O)Nc2ccc(OCC)cc2)cc1Br. The number of hydrogen-bond donors (Lipinski definition) is 3. The molecule has 2 aromatic carbocycles. The second-order valence-electron chi connectivity index (χ2n) is 7.56. The van der Waals surface area contributed by atoms with Gasteiger partial charge in [0, 0.05) is 24.1 Å². The van der Waals surface area contributed by atoms with E-state index in [1.807, 2.05) is 6.92 Å². The number of hydrazine groups is 1. The van der Waals surface area contributed by atoms with Gasteiger partial charge in [-0.3, -0.25) is 25.2 Å². The van der Waals surface area contributed by atoms with Gasteiger partial charge >= 0.3 is 0 Å². The molecule has 0 saturated heterocycles. The van der Waals surface area contributed by atoms with Crippen molar-refractivity contribution in [2.24, 2.45) is 0 Å². The summed E-state index contributed by atoms with van der Waals surface area (Å²) in [7, 11) is 0. The first-order valence-electron chi connectivity index (χ1n) is 11.5. The van der Waals surface area contributed by atoms with Crippen molar-refractivity contribution < 1.29 is 23.9 Å². The van der Waals surface area contributed by atoms with Crippen molar-refractivity contribution >= 4 is 39.3 Å². The molecule has 0 spiro atoms. The zero-order valence-corrected chi connectivity index (χ0v) is 21.2. The highest BCUT2D eigenvalue weighted by Gasteiger charge is 2.12. The fraction of sp³-hybridized carbons (Fsp3) is 0.400. The van der Waals surface area contributed by atoms with Crippen LogP contribution >= 0.6 is 15.9 Å². The normalized spacial score (nSPS) is 10.3. The number of halogens is 1. The number of amides is 3. The van der Waals surface area contributed by atoms with Crippen molar-refractivity contribution in [2.45, 2.75) is 52.4 Å². The Morgan fingerprint density at radius 3 is 2.26 bits per heavy atom. The van der Waals surface area contributed by atoms with Gasteiger partial charge in [-0.2, -0.15) is 0 Å². The van der Waals surface area contributed by atoms with Crippen LogP contribution in [0.15, 0.2) is 46.9 Å². The van der Waals surface area contributed by atoms with E-state index in [1.54, 1.807) is 42.5 Å². The fourth-order valence-electron chi connectivity index (χ4n) is 2.98. The largest absolute Gasteiger partial charge is 0.494 e. The molecular formula is C25H32BrN3O5. The molecule has 2 rings (SSSR count). The standard InChI is InChI=1S/C25H32BrN3O5/c1-3-5-6-7-16-34-22-13-8-18(17-21(22)26)25(32)29-28-24(31)15-14-23(30)27-19-9-11-20(12-10-19)33-4-2/h8-13,17H,3-7,14-16H2,1-2H3,(H,27,30)(H,28,31)(H,29,32). The molecule has 0 fully saturated rings. The van der Waals surface area contributed by atoms with Crippen molar-refractivity contribution in [3.05, 3.63) is 52.5 Å². The van der Waals surface area contributed by atoms with E-state index in [1.165, 1.54) is 12.8 Å². The van der Waals surface area contributed by atoms with E-state index in [0.29, 0.717) is 40.4 Å². The lowest BCUT2D eigenvalue weighted by molar-refractivity contribution is -0.124. The van der Waals surface area contributed by atoms with Gasteiger partial charge in [-0.15, -0.1) is 0 Å². The van der Waals surface area contributed by atoms with Crippen molar-refractivity contribution in [1.29, 1.82) is 0 Å². The van der Waals surface area contributed by atoms with Crippen molar-refractivity contribution in [2.75, 3.05) is 18.5 Å². The first-order valence-corrected chi connectivity index (χ1v) is 12.3. The third-order valence-electron chi connectivity index (χ3n) is 4.79. The molecule has 8 nitrogen and oxygen atoms in total. The number of benzene rings is 2. The lowest BCUT2D eigenvalue weighted by Gasteiger charge is -2.11. The zero-order chi connectivity index (χ0) is 24.8. The van der Waals surface area contributed by atoms with Crippen LogP contribution in [0, 0.1) is 0 Å². The van der Waals surface area contributed by atoms with E-state index in [2.05, 4.69) is 39.0 Å². The molecule has 0 bridgehead atoms. The monoisotopic (exact) mass is 533 g/mol. The maximum Gasteiger partial charge on any atom is 0.269 e. The summed E-state index contributed by atoms with van der Waals surface area (Å²) in [6.45, 7) is 5.23. The minimum atomic E-state index is -0.471. The average Bonchev–Trinajstić information content (AvgIpc) is 2.83. The first-order chi connectivity index (χ1) is 16.4. The summed E-state index contributed by atoms with van der Waals surface area (Å²) in [6.07, 6.45) is 4.36. The minimum Gasteiger partial charge on any atom is -0.494 e. The Labute approximate surface area is 208 Å². The number of carbonyl (C=O) groups excluding carboxylic acids is 3. The number of unbranched alkanes of at least 4 members (excludes halogenated alkanes) is 3. The maximum atomic E-state index is 12.3. The Morgan fingerprint density at radius 1 is 0.853 bits per heavy atom. The third-order valence-corrected chi connectivity index (χ3v) is 5.41. The van der Waals surface area contributed by atoms with Crippen LogP contribution in [0.5, 0.6) is 11.5 Å². The van der Waals surface area contributed by atoms with Crippen LogP contribution in [0.2, 0.25) is 0 Å². The molecule has 0 unspecified atom stereocenters. The van der Waals surface area contributed by atoms with Gasteiger partial charge < -0.3 is 14.8 Å². The Balaban J connectivity index is 1.71. The highest BCUT2D eigenvalue weighted by atomic mass is 79.9. The molecular weight excluding hydrogens is 502 g/mol. The van der Waals surface area contributed by atoms with E-state index in [0.717, 1.165) is 12.8 Å². The summed E-state index contributed by atoms with van der Waals surface area (Å²) in [5.41, 5.74) is 5.66. The summed E-state index contributed by atoms with van der Waals surface area (Å²) in [5.74, 6) is 0.131. The van der Waals surface area contributed by atoms with Crippen LogP contribution in [-0.4, -0.2) is 30.9 Å². The molecule has 0 aromatic heterocycles. The van der Waals surface area contributed by atoms with Crippen LogP contribution in [-0.2, 0) is 9.59 Å². The molecule has 0 atom stereocenters. The number of hydrogen-bond acceptors (Lipinski definition) is 5. The lowest BCUT2D eigenvalue weighted by Crippen LogP contribution is -2.41. The fourth-order valence-corrected chi connectivity index (χ4v) is 3.48. The average molecular weight is 534 g/mol. The second kappa shape index (κ2) is 15.0. The number of carbonyl (C=O) groups is 3. The van der Waals surface area contributed by atoms with Gasteiger partial charge in [0.1, 0.15) is 11.5 Å². The van der Waals surface area contributed by atoms with Crippen LogP contribution in [0.3, 0.4) is 0 Å². The molecule has 0 aliphatic heterocycles. The predicted octanol–water partition coefficient (Wildman–Crippen LogP) is 4.99. The summed E-state index contributed by atoms with van der Waals surface area (Å²) in [4.78, 5) is 36.4. The van der Waals surface area contributed by atoms with Gasteiger partial charge in [0.25, 0.3) is 5.91 Å². The Hall–Kier alpha value is -3.07. The molecule has 0 aliphatic rings. The predicted molar refractivity (Wildman–Crippen MR) is 135 cm³/mol. The lowest BCUT2D eigenvalue weighted by atomic mass is 10.2. The summed E-state index contributed by atoms with van der Waals surface area (Å²) in [6, 6.07) is 11.9. The van der Waals surface area contributed by atoms with E-state index in [9.17, 15) is 14.4 Å². The Bertz CT molecular complexity index is 950. The molecule has 2 aromatic rings. The molecule has 0 saturated carbocycles. The van der Waals surface area contributed by atoms with Gasteiger partial charge in [0.05, 0.1) is 17.7 Å². The smallest absolute Gasteiger partial charge is 0.269 e. The van der Waals surface area contributed by atoms with Gasteiger partial charge in [-0.05, 0) is 71.7 Å². The number of ether oxygens (including phenoxy) is 2. The second-order valence-corrected chi connectivity index (χ2v) is 8.42. The topological polar surface area (TPSA) is 106 Å². The zero-order valence-electron chi connectivity index (χ0n) is 19.6. The summed E-state index contributed by atoms with van der Waals surface area (Å²) in [5, 5.41) is 2.71. The van der Waals surface area contributed by atoms with Gasteiger partial charge in [0.2, 0.25) is 11.8 Å². The Kier molecular flexibility index (Phi) is 12.0. The van der Waals surface area contributed by atoms with Crippen LogP contribution in [0.25, 0.3) is 0 Å². The van der Waals surface area contributed by atoms with Gasteiger partial charge in [-0.1, -0.05) is 26.2 Å². The Morgan fingerprint density at radius 2 is 1.59 bits per heavy atom. The third kappa shape index (κ3) is 9.82. The first kappa shape index (κ1) is 27.2. The molecule has 184 valence electrons. The van der Waals surface area contributed by atoms with E-state index in [-0.39, 0.29) is 18.7 Å². The summed E-state index contributed by atoms with van der Waals surface area (Å²) < 4.78 is 11.8. The number of rotatable bonds is 13. The van der Waals surface area contributed by atoms with Crippen LogP contribution < -0.4 is 25.6 Å². The van der Waals surface area contributed by atoms with Crippen molar-refractivity contribution in [3.63, 3.8) is 0 Å². The molecule has 9 heteroatoms. The molecule has 0 heterocycles. The van der Waals surface area contributed by atoms with Crippen LogP contribution in [0.1, 0.15) is 62.7 Å². The van der Waals surface area contributed by atoms with Crippen LogP contribution in [0.4, 0.5) is 5.69 Å². The highest BCUT2D eigenvalue weighted by Crippen LogP contribution is 2.26. The molecule has 0 radical (unpaired) electrons. The van der Waals surface area contributed by atoms with Crippen molar-refractivity contribution in [3.8, 4) is 11.5 Å². The molecule has 3 amide bonds. The highest BCUT2D eigenvalue weighted by molar-refractivity contribution is 9.10. The van der Waals surface area contributed by atoms with Gasteiger partial charge in [-0.25, -0.2) is 0 Å². The molecule has 3 N–H and O–H groups in total. The molecule has 0 aliphatic carbocycles. The quantitative estimate of drug-likeness (QED) is 0.248. The maximum absolute atomic E-state index is 12.3. The van der Waals surface area contributed by atoms with Gasteiger partial charge in [0.15, 0.2) is 0 Å². The van der Waals surface area contributed by atoms with E-state index >= 15 is 0 Å². The summed E-state index contributed by atoms with van der Waals surface area (Å²) >= 11 is 3.41. The molecule has 34 heavy (non-hydrogen) atoms. The minimum absolute atomic E-state index is 0.0231. The van der Waals surface area contributed by atoms with E-state index in [4.69, 9.17) is 9.47 Å². The van der Waals surface area contributed by atoms with E-state index < -0.39 is 11.8 Å². The van der Waals surface area contributed by atoms with Crippen molar-refractivity contribution in [1.82, 2.24) is 10.9 Å². The number of nitrogens with one attached hydrogen (secondary N) is 3.